The molecule has 10 heteroatoms. The average molecular weight is 517 g/mol. The SMILES string of the molecule is CCCC(=O)NC(Cn1c(=O)c(/C(C)=N/OC(C)C)cn(CC(O)c2ccccc2OC)c1=O)C(C)C. The van der Waals surface area contributed by atoms with E-state index in [2.05, 4.69) is 10.5 Å². The lowest BCUT2D eigenvalue weighted by atomic mass is 10.0. The summed E-state index contributed by atoms with van der Waals surface area (Å²) in [5, 5.41) is 18.0. The summed E-state index contributed by atoms with van der Waals surface area (Å²) in [7, 11) is 1.50. The summed E-state index contributed by atoms with van der Waals surface area (Å²) in [4.78, 5) is 44.6. The van der Waals surface area contributed by atoms with Crippen LogP contribution in [0.15, 0.2) is 45.2 Å². The molecule has 204 valence electrons. The number of carbonyl (C=O) groups is 1. The van der Waals surface area contributed by atoms with Gasteiger partial charge < -0.3 is 20.0 Å². The zero-order valence-corrected chi connectivity index (χ0v) is 22.9. The quantitative estimate of drug-likeness (QED) is 0.312. The fourth-order valence-electron chi connectivity index (χ4n) is 3.78. The van der Waals surface area contributed by atoms with Crippen LogP contribution in [0.4, 0.5) is 0 Å². The first-order valence-electron chi connectivity index (χ1n) is 12.6. The van der Waals surface area contributed by atoms with Crippen molar-refractivity contribution in [1.82, 2.24) is 14.5 Å². The van der Waals surface area contributed by atoms with Crippen molar-refractivity contribution in [3.05, 3.63) is 62.4 Å². The first kappa shape index (κ1) is 29.8. The molecule has 0 spiro atoms. The van der Waals surface area contributed by atoms with Gasteiger partial charge in [0.1, 0.15) is 18.0 Å². The molecule has 1 aromatic heterocycles. The van der Waals surface area contributed by atoms with Gasteiger partial charge in [-0.3, -0.25) is 18.7 Å². The summed E-state index contributed by atoms with van der Waals surface area (Å²) < 4.78 is 7.73. The summed E-state index contributed by atoms with van der Waals surface area (Å²) in [6.07, 6.45) is 1.15. The Kier molecular flexibility index (Phi) is 11.1. The molecular formula is C27H40N4O6. The number of nitrogens with zero attached hydrogens (tertiary/aromatic N) is 3. The van der Waals surface area contributed by atoms with Gasteiger partial charge in [0.25, 0.3) is 5.56 Å². The number of oxime groups is 1. The van der Waals surface area contributed by atoms with Crippen LogP contribution >= 0.6 is 0 Å². The van der Waals surface area contributed by atoms with E-state index < -0.39 is 23.4 Å². The van der Waals surface area contributed by atoms with E-state index in [1.807, 2.05) is 34.6 Å². The van der Waals surface area contributed by atoms with Crippen molar-refractivity contribution >= 4 is 11.6 Å². The number of rotatable bonds is 13. The monoisotopic (exact) mass is 516 g/mol. The lowest BCUT2D eigenvalue weighted by Gasteiger charge is -2.24. The summed E-state index contributed by atoms with van der Waals surface area (Å²) in [6, 6.07) is 6.54. The molecule has 0 saturated heterocycles. The fraction of sp³-hybridized carbons (Fsp3) is 0.556. The van der Waals surface area contributed by atoms with Gasteiger partial charge in [0.05, 0.1) is 31.5 Å². The third kappa shape index (κ3) is 8.04. The Hall–Kier alpha value is -3.40. The summed E-state index contributed by atoms with van der Waals surface area (Å²) >= 11 is 0. The molecule has 0 fully saturated rings. The van der Waals surface area contributed by atoms with Gasteiger partial charge in [-0.1, -0.05) is 44.1 Å². The van der Waals surface area contributed by atoms with Crippen molar-refractivity contribution in [2.45, 2.75) is 85.7 Å². The molecule has 0 aliphatic rings. The molecule has 10 nitrogen and oxygen atoms in total. The van der Waals surface area contributed by atoms with Crippen molar-refractivity contribution in [2.75, 3.05) is 7.11 Å². The number of nitrogens with one attached hydrogen (secondary N) is 1. The van der Waals surface area contributed by atoms with Crippen molar-refractivity contribution in [2.24, 2.45) is 11.1 Å². The van der Waals surface area contributed by atoms with Gasteiger partial charge in [-0.25, -0.2) is 4.79 Å². The Balaban J connectivity index is 2.60. The molecular weight excluding hydrogens is 476 g/mol. The first-order valence-corrected chi connectivity index (χ1v) is 12.6. The van der Waals surface area contributed by atoms with Gasteiger partial charge in [0, 0.05) is 24.2 Å². The van der Waals surface area contributed by atoms with Gasteiger partial charge in [0.15, 0.2) is 0 Å². The second kappa shape index (κ2) is 13.8. The molecule has 2 aromatic rings. The van der Waals surface area contributed by atoms with E-state index in [4.69, 9.17) is 9.57 Å². The van der Waals surface area contributed by atoms with Gasteiger partial charge in [0.2, 0.25) is 5.91 Å². The number of aliphatic hydroxyl groups excluding tert-OH is 1. The molecule has 1 amide bonds. The molecule has 2 atom stereocenters. The average Bonchev–Trinajstić information content (AvgIpc) is 2.85. The molecule has 0 bridgehead atoms. The van der Waals surface area contributed by atoms with E-state index in [1.54, 1.807) is 31.2 Å². The van der Waals surface area contributed by atoms with E-state index in [9.17, 15) is 19.5 Å². The van der Waals surface area contributed by atoms with E-state index in [0.717, 1.165) is 4.57 Å². The summed E-state index contributed by atoms with van der Waals surface area (Å²) in [5.74, 6) is 0.306. The van der Waals surface area contributed by atoms with Crippen molar-refractivity contribution in [3.63, 3.8) is 0 Å². The minimum absolute atomic E-state index is 0.0261. The Morgan fingerprint density at radius 2 is 1.81 bits per heavy atom. The van der Waals surface area contributed by atoms with E-state index in [1.165, 1.54) is 17.9 Å². The summed E-state index contributed by atoms with van der Waals surface area (Å²) in [6.45, 7) is 10.8. The van der Waals surface area contributed by atoms with Crippen molar-refractivity contribution in [3.8, 4) is 5.75 Å². The highest BCUT2D eigenvalue weighted by molar-refractivity contribution is 5.97. The van der Waals surface area contributed by atoms with Crippen LogP contribution in [-0.2, 0) is 22.7 Å². The van der Waals surface area contributed by atoms with E-state index in [0.29, 0.717) is 29.9 Å². The molecule has 2 N–H and O–H groups in total. The molecule has 37 heavy (non-hydrogen) atoms. The van der Waals surface area contributed by atoms with Crippen LogP contribution in [0.25, 0.3) is 0 Å². The number of hydrogen-bond donors (Lipinski definition) is 2. The molecule has 2 unspecified atom stereocenters. The van der Waals surface area contributed by atoms with Crippen LogP contribution in [0.2, 0.25) is 0 Å². The molecule has 0 aliphatic carbocycles. The number of para-hydroxylation sites is 1. The fourth-order valence-corrected chi connectivity index (χ4v) is 3.78. The highest BCUT2D eigenvalue weighted by atomic mass is 16.6. The number of hydrogen-bond acceptors (Lipinski definition) is 7. The molecule has 0 saturated carbocycles. The summed E-state index contributed by atoms with van der Waals surface area (Å²) in [5.41, 5.74) is -0.178. The predicted octanol–water partition coefficient (Wildman–Crippen LogP) is 2.84. The van der Waals surface area contributed by atoms with Gasteiger partial charge in [-0.2, -0.15) is 0 Å². The number of amides is 1. The van der Waals surface area contributed by atoms with E-state index >= 15 is 0 Å². The number of benzene rings is 1. The smallest absolute Gasteiger partial charge is 0.331 e. The Morgan fingerprint density at radius 1 is 1.14 bits per heavy atom. The molecule has 0 aliphatic heterocycles. The maximum absolute atomic E-state index is 13.5. The third-order valence-corrected chi connectivity index (χ3v) is 5.90. The predicted molar refractivity (Wildman–Crippen MR) is 143 cm³/mol. The molecule has 0 radical (unpaired) electrons. The van der Waals surface area contributed by atoms with Crippen molar-refractivity contribution < 1.29 is 19.5 Å². The standard InChI is InChI=1S/C27H40N4O6/c1-8-11-25(33)28-22(17(2)3)15-31-26(34)21(19(6)29-37-18(4)5)14-30(27(31)35)16-23(32)20-12-9-10-13-24(20)36-7/h9-10,12-14,17-18,22-23,32H,8,11,15-16H2,1-7H3,(H,28,33)/b29-19+. The number of methoxy groups -OCH3 is 1. The van der Waals surface area contributed by atoms with Crippen LogP contribution in [0, 0.1) is 5.92 Å². The van der Waals surface area contributed by atoms with Crippen molar-refractivity contribution in [1.29, 1.82) is 0 Å². The number of aliphatic hydroxyl groups is 1. The highest BCUT2D eigenvalue weighted by Gasteiger charge is 2.23. The largest absolute Gasteiger partial charge is 0.496 e. The van der Waals surface area contributed by atoms with Crippen LogP contribution in [0.1, 0.15) is 71.6 Å². The minimum atomic E-state index is -1.08. The first-order chi connectivity index (χ1) is 17.5. The Morgan fingerprint density at radius 3 is 2.41 bits per heavy atom. The van der Waals surface area contributed by atoms with E-state index in [-0.39, 0.29) is 36.6 Å². The van der Waals surface area contributed by atoms with Crippen LogP contribution < -0.4 is 21.3 Å². The molecule has 2 rings (SSSR count). The number of carbonyl (C=O) groups excluding carboxylic acids is 1. The van der Waals surface area contributed by atoms with Gasteiger partial charge in [-0.05, 0) is 39.2 Å². The zero-order chi connectivity index (χ0) is 27.7. The third-order valence-electron chi connectivity index (χ3n) is 5.90. The zero-order valence-electron chi connectivity index (χ0n) is 22.9. The second-order valence-corrected chi connectivity index (χ2v) is 9.65. The van der Waals surface area contributed by atoms with Gasteiger partial charge in [-0.15, -0.1) is 0 Å². The second-order valence-electron chi connectivity index (χ2n) is 9.65. The lowest BCUT2D eigenvalue weighted by Crippen LogP contribution is -2.49. The molecule has 1 aromatic carbocycles. The normalized spacial score (nSPS) is 13.5. The van der Waals surface area contributed by atoms with Crippen LogP contribution in [-0.4, -0.2) is 45.1 Å². The van der Waals surface area contributed by atoms with Crippen LogP contribution in [0.3, 0.4) is 0 Å². The number of aromatic nitrogens is 2. The maximum Gasteiger partial charge on any atom is 0.331 e. The van der Waals surface area contributed by atoms with Crippen LogP contribution in [0.5, 0.6) is 5.75 Å². The topological polar surface area (TPSA) is 124 Å². The minimum Gasteiger partial charge on any atom is -0.496 e. The number of ether oxygens (including phenoxy) is 1. The Labute approximate surface area is 217 Å². The molecule has 1 heterocycles. The maximum atomic E-state index is 13.5. The Bertz CT molecular complexity index is 1200. The highest BCUT2D eigenvalue weighted by Crippen LogP contribution is 2.25. The van der Waals surface area contributed by atoms with Gasteiger partial charge >= 0.3 is 5.69 Å². The lowest BCUT2D eigenvalue weighted by molar-refractivity contribution is -0.122.